The number of aryl methyl sites for hydroxylation is 1. The van der Waals surface area contributed by atoms with Crippen LogP contribution in [0.5, 0.6) is 0 Å². The van der Waals surface area contributed by atoms with Gasteiger partial charge < -0.3 is 5.32 Å². The molecular formula is C19H33N. The molecule has 0 saturated heterocycles. The fourth-order valence-electron chi connectivity index (χ4n) is 2.75. The van der Waals surface area contributed by atoms with E-state index in [1.807, 2.05) is 0 Å². The van der Waals surface area contributed by atoms with E-state index in [2.05, 4.69) is 64.2 Å². The van der Waals surface area contributed by atoms with E-state index in [1.54, 1.807) is 0 Å². The molecule has 1 unspecified atom stereocenters. The summed E-state index contributed by atoms with van der Waals surface area (Å²) in [5.41, 5.74) is 2.85. The summed E-state index contributed by atoms with van der Waals surface area (Å²) in [5, 5.41) is 3.65. The van der Waals surface area contributed by atoms with Gasteiger partial charge in [-0.15, -0.1) is 0 Å². The van der Waals surface area contributed by atoms with E-state index >= 15 is 0 Å². The lowest BCUT2D eigenvalue weighted by atomic mass is 9.86. The van der Waals surface area contributed by atoms with E-state index < -0.39 is 0 Å². The van der Waals surface area contributed by atoms with Crippen molar-refractivity contribution in [1.29, 1.82) is 0 Å². The highest BCUT2D eigenvalue weighted by Crippen LogP contribution is 2.27. The maximum Gasteiger partial charge on any atom is 0.00203 e. The molecule has 0 fully saturated rings. The lowest BCUT2D eigenvalue weighted by molar-refractivity contribution is 0.392. The molecule has 1 heteroatoms. The predicted octanol–water partition coefficient (Wildman–Crippen LogP) is 5.15. The van der Waals surface area contributed by atoms with Crippen LogP contribution in [0.15, 0.2) is 24.3 Å². The third-order valence-electron chi connectivity index (χ3n) is 4.26. The molecule has 0 aliphatic carbocycles. The Morgan fingerprint density at radius 1 is 0.950 bits per heavy atom. The monoisotopic (exact) mass is 275 g/mol. The van der Waals surface area contributed by atoms with Gasteiger partial charge in [0.05, 0.1) is 0 Å². The van der Waals surface area contributed by atoms with Gasteiger partial charge in [0.2, 0.25) is 0 Å². The van der Waals surface area contributed by atoms with Gasteiger partial charge in [0.25, 0.3) is 0 Å². The highest BCUT2D eigenvalue weighted by atomic mass is 14.9. The van der Waals surface area contributed by atoms with Gasteiger partial charge in [-0.2, -0.15) is 0 Å². The van der Waals surface area contributed by atoms with Crippen molar-refractivity contribution in [2.75, 3.05) is 13.1 Å². The molecule has 0 aliphatic heterocycles. The van der Waals surface area contributed by atoms with Gasteiger partial charge in [-0.05, 0) is 43.2 Å². The minimum absolute atomic E-state index is 0.652. The molecular weight excluding hydrogens is 242 g/mol. The number of rotatable bonds is 9. The predicted molar refractivity (Wildman–Crippen MR) is 90.3 cm³/mol. The summed E-state index contributed by atoms with van der Waals surface area (Å²) in [7, 11) is 0. The van der Waals surface area contributed by atoms with Crippen LogP contribution in [-0.4, -0.2) is 13.1 Å². The van der Waals surface area contributed by atoms with Crippen LogP contribution < -0.4 is 5.32 Å². The van der Waals surface area contributed by atoms with Crippen molar-refractivity contribution in [1.82, 2.24) is 5.32 Å². The summed E-state index contributed by atoms with van der Waals surface area (Å²) < 4.78 is 0. The van der Waals surface area contributed by atoms with Crippen LogP contribution in [-0.2, 0) is 0 Å². The second kappa shape index (κ2) is 9.18. The fourth-order valence-corrected chi connectivity index (χ4v) is 2.75. The summed E-state index contributed by atoms with van der Waals surface area (Å²) in [6.07, 6.45) is 3.90. The number of nitrogens with one attached hydrogen (secondary N) is 1. The van der Waals surface area contributed by atoms with Gasteiger partial charge in [-0.25, -0.2) is 0 Å². The Morgan fingerprint density at radius 2 is 1.55 bits per heavy atom. The Bertz CT molecular complexity index is 349. The SMILES string of the molecule is CCC(CC)CC(CNCC(C)C)c1ccc(C)cc1. The molecule has 1 nitrogen and oxygen atoms in total. The summed E-state index contributed by atoms with van der Waals surface area (Å²) >= 11 is 0. The molecule has 1 atom stereocenters. The van der Waals surface area contributed by atoms with E-state index in [4.69, 9.17) is 0 Å². The molecule has 0 aromatic heterocycles. The zero-order valence-electron chi connectivity index (χ0n) is 14.1. The van der Waals surface area contributed by atoms with Gasteiger partial charge >= 0.3 is 0 Å². The third-order valence-corrected chi connectivity index (χ3v) is 4.26. The molecule has 0 saturated carbocycles. The minimum atomic E-state index is 0.652. The molecule has 1 aromatic carbocycles. The lowest BCUT2D eigenvalue weighted by Gasteiger charge is -2.23. The number of hydrogen-bond acceptors (Lipinski definition) is 1. The highest BCUT2D eigenvalue weighted by Gasteiger charge is 2.16. The van der Waals surface area contributed by atoms with Crippen LogP contribution in [0.2, 0.25) is 0 Å². The quantitative estimate of drug-likeness (QED) is 0.657. The first-order chi connectivity index (χ1) is 9.56. The summed E-state index contributed by atoms with van der Waals surface area (Å²) in [4.78, 5) is 0. The lowest BCUT2D eigenvalue weighted by Crippen LogP contribution is -2.26. The summed E-state index contributed by atoms with van der Waals surface area (Å²) in [6.45, 7) is 13.6. The number of benzene rings is 1. The zero-order valence-corrected chi connectivity index (χ0v) is 14.1. The molecule has 0 aliphatic rings. The van der Waals surface area contributed by atoms with E-state index in [1.165, 1.54) is 30.4 Å². The summed E-state index contributed by atoms with van der Waals surface area (Å²) in [6, 6.07) is 9.13. The third kappa shape index (κ3) is 6.09. The zero-order chi connectivity index (χ0) is 15.0. The first-order valence-corrected chi connectivity index (χ1v) is 8.34. The minimum Gasteiger partial charge on any atom is -0.316 e. The highest BCUT2D eigenvalue weighted by molar-refractivity contribution is 5.25. The smallest absolute Gasteiger partial charge is 0.00203 e. The van der Waals surface area contributed by atoms with E-state index in [9.17, 15) is 0 Å². The van der Waals surface area contributed by atoms with Gasteiger partial charge in [0.1, 0.15) is 0 Å². The molecule has 114 valence electrons. The van der Waals surface area contributed by atoms with Crippen molar-refractivity contribution >= 4 is 0 Å². The van der Waals surface area contributed by atoms with Crippen molar-refractivity contribution < 1.29 is 0 Å². The molecule has 0 spiro atoms. The van der Waals surface area contributed by atoms with Crippen LogP contribution in [0.25, 0.3) is 0 Å². The maximum absolute atomic E-state index is 3.65. The van der Waals surface area contributed by atoms with Crippen LogP contribution in [0.3, 0.4) is 0 Å². The summed E-state index contributed by atoms with van der Waals surface area (Å²) in [5.74, 6) is 2.23. The Labute approximate surface area is 126 Å². The van der Waals surface area contributed by atoms with Crippen molar-refractivity contribution in [2.45, 2.75) is 59.8 Å². The Morgan fingerprint density at radius 3 is 2.05 bits per heavy atom. The standard InChI is InChI=1S/C19H33N/c1-6-17(7-2)12-19(14-20-13-15(3)4)18-10-8-16(5)9-11-18/h8-11,15,17,19-20H,6-7,12-14H2,1-5H3. The largest absolute Gasteiger partial charge is 0.316 e. The van der Waals surface area contributed by atoms with E-state index in [0.29, 0.717) is 5.92 Å². The normalized spacial score (nSPS) is 13.2. The van der Waals surface area contributed by atoms with Crippen LogP contribution in [0, 0.1) is 18.8 Å². The molecule has 1 rings (SSSR count). The second-order valence-electron chi connectivity index (χ2n) is 6.58. The Balaban J connectivity index is 2.69. The van der Waals surface area contributed by atoms with E-state index in [-0.39, 0.29) is 0 Å². The van der Waals surface area contributed by atoms with Crippen LogP contribution in [0.1, 0.15) is 64.0 Å². The van der Waals surface area contributed by atoms with Gasteiger partial charge in [-0.1, -0.05) is 70.4 Å². The Hall–Kier alpha value is -0.820. The molecule has 0 amide bonds. The Kier molecular flexibility index (Phi) is 7.91. The molecule has 1 aromatic rings. The van der Waals surface area contributed by atoms with E-state index in [0.717, 1.165) is 24.9 Å². The molecule has 0 bridgehead atoms. The topological polar surface area (TPSA) is 12.0 Å². The first kappa shape index (κ1) is 17.2. The first-order valence-electron chi connectivity index (χ1n) is 8.34. The van der Waals surface area contributed by atoms with Crippen LogP contribution >= 0.6 is 0 Å². The van der Waals surface area contributed by atoms with Gasteiger partial charge in [0.15, 0.2) is 0 Å². The molecule has 0 heterocycles. The molecule has 1 N–H and O–H groups in total. The van der Waals surface area contributed by atoms with Crippen molar-refractivity contribution in [2.24, 2.45) is 11.8 Å². The average molecular weight is 275 g/mol. The van der Waals surface area contributed by atoms with Crippen molar-refractivity contribution in [3.05, 3.63) is 35.4 Å². The van der Waals surface area contributed by atoms with Crippen LogP contribution in [0.4, 0.5) is 0 Å². The second-order valence-corrected chi connectivity index (χ2v) is 6.58. The van der Waals surface area contributed by atoms with Crippen molar-refractivity contribution in [3.63, 3.8) is 0 Å². The maximum atomic E-state index is 3.65. The van der Waals surface area contributed by atoms with Gasteiger partial charge in [0, 0.05) is 6.54 Å². The molecule has 20 heavy (non-hydrogen) atoms. The number of hydrogen-bond donors (Lipinski definition) is 1. The van der Waals surface area contributed by atoms with Gasteiger partial charge in [-0.3, -0.25) is 0 Å². The van der Waals surface area contributed by atoms with Crippen molar-refractivity contribution in [3.8, 4) is 0 Å². The average Bonchev–Trinajstić information content (AvgIpc) is 2.43. The fraction of sp³-hybridized carbons (Fsp3) is 0.684. The molecule has 0 radical (unpaired) electrons.